The molecule has 2 aromatic heterocycles. The average Bonchev–Trinajstić information content (AvgIpc) is 3.63. The van der Waals surface area contributed by atoms with E-state index in [4.69, 9.17) is 19.4 Å². The number of hydrogen-bond acceptors (Lipinski definition) is 4. The second-order valence-electron chi connectivity index (χ2n) is 13.5. The topological polar surface area (TPSA) is 51.8 Å². The molecule has 250 valence electrons. The third-order valence-corrected chi connectivity index (χ3v) is 10.2. The lowest BCUT2D eigenvalue weighted by molar-refractivity contribution is 0.545. The number of para-hydroxylation sites is 1. The Labute approximate surface area is 307 Å². The number of allylic oxidation sites excluding steroid dienone is 1. The molecule has 4 heteroatoms. The van der Waals surface area contributed by atoms with Gasteiger partial charge < -0.3 is 4.42 Å². The minimum Gasteiger partial charge on any atom is -0.460 e. The molecular formula is C49H33N3O. The third kappa shape index (κ3) is 5.81. The van der Waals surface area contributed by atoms with E-state index in [9.17, 15) is 0 Å². The molecule has 0 unspecified atom stereocenters. The van der Waals surface area contributed by atoms with Gasteiger partial charge in [-0.15, -0.1) is 0 Å². The molecule has 4 nitrogen and oxygen atoms in total. The van der Waals surface area contributed by atoms with Gasteiger partial charge in [-0.25, -0.2) is 15.0 Å². The molecule has 2 heterocycles. The normalized spacial score (nSPS) is 12.5. The van der Waals surface area contributed by atoms with Gasteiger partial charge in [0.25, 0.3) is 0 Å². The van der Waals surface area contributed by atoms with Crippen LogP contribution in [0.15, 0.2) is 180 Å². The third-order valence-electron chi connectivity index (χ3n) is 10.2. The van der Waals surface area contributed by atoms with E-state index in [0.29, 0.717) is 17.5 Å². The first-order valence-electron chi connectivity index (χ1n) is 18.1. The van der Waals surface area contributed by atoms with Crippen molar-refractivity contribution in [1.29, 1.82) is 0 Å². The summed E-state index contributed by atoms with van der Waals surface area (Å²) in [5, 5.41) is 3.47. The summed E-state index contributed by atoms with van der Waals surface area (Å²) in [5.74, 6) is 3.01. The predicted molar refractivity (Wildman–Crippen MR) is 216 cm³/mol. The highest BCUT2D eigenvalue weighted by molar-refractivity contribution is 6.00. The largest absolute Gasteiger partial charge is 0.460 e. The number of fused-ring (bicyclic) bond motifs is 4. The first-order chi connectivity index (χ1) is 26.2. The molecule has 0 radical (unpaired) electrons. The predicted octanol–water partition coefficient (Wildman–Crippen LogP) is 12.5. The summed E-state index contributed by atoms with van der Waals surface area (Å²) in [5.41, 5.74) is 12.2. The van der Waals surface area contributed by atoms with Crippen LogP contribution >= 0.6 is 0 Å². The highest BCUT2D eigenvalue weighted by Crippen LogP contribution is 2.40. The number of nitrogens with zero attached hydrogens (tertiary/aromatic N) is 3. The molecule has 10 rings (SSSR count). The van der Waals surface area contributed by atoms with E-state index in [-0.39, 0.29) is 0 Å². The van der Waals surface area contributed by atoms with Crippen LogP contribution in [-0.4, -0.2) is 15.0 Å². The van der Waals surface area contributed by atoms with Crippen molar-refractivity contribution in [1.82, 2.24) is 15.0 Å². The van der Waals surface area contributed by atoms with E-state index in [2.05, 4.69) is 133 Å². The zero-order valence-corrected chi connectivity index (χ0v) is 28.9. The molecule has 1 aliphatic rings. The minimum absolute atomic E-state index is 0.641. The Morgan fingerprint density at radius 3 is 1.49 bits per heavy atom. The van der Waals surface area contributed by atoms with E-state index < -0.39 is 0 Å². The van der Waals surface area contributed by atoms with Crippen molar-refractivity contribution in [2.75, 3.05) is 0 Å². The molecule has 0 saturated carbocycles. The van der Waals surface area contributed by atoms with Crippen molar-refractivity contribution < 1.29 is 4.42 Å². The lowest BCUT2D eigenvalue weighted by Gasteiger charge is -2.15. The standard InChI is InChI=1S/C49H33N3O/c1-3-10-32(11-4-1)33-18-20-34(21-19-33)35-22-24-37(25-23-35)48-50-47(36-12-5-2-6-13-36)51-49(52-48)41-29-27-38-30-40(28-26-39(38)31-41)42-15-9-17-45-46(42)43-14-7-8-16-44(43)53-45/h1-8,10-16,18-31H,9,17H2. The fraction of sp³-hybridized carbons (Fsp3) is 0.0408. The van der Waals surface area contributed by atoms with Crippen LogP contribution < -0.4 is 0 Å². The number of aromatic nitrogens is 3. The lowest BCUT2D eigenvalue weighted by atomic mass is 9.88. The average molecular weight is 680 g/mol. The molecule has 0 N–H and O–H groups in total. The fourth-order valence-electron chi connectivity index (χ4n) is 7.48. The van der Waals surface area contributed by atoms with Gasteiger partial charge in [-0.05, 0) is 68.8 Å². The number of hydrogen-bond donors (Lipinski definition) is 0. The molecule has 1 aliphatic carbocycles. The van der Waals surface area contributed by atoms with Gasteiger partial charge in [0.05, 0.1) is 0 Å². The Balaban J connectivity index is 0.991. The second-order valence-corrected chi connectivity index (χ2v) is 13.5. The van der Waals surface area contributed by atoms with Gasteiger partial charge >= 0.3 is 0 Å². The molecule has 0 spiro atoms. The fourth-order valence-corrected chi connectivity index (χ4v) is 7.48. The summed E-state index contributed by atoms with van der Waals surface area (Å²) in [7, 11) is 0. The molecule has 9 aromatic rings. The van der Waals surface area contributed by atoms with Crippen molar-refractivity contribution in [3.05, 3.63) is 193 Å². The van der Waals surface area contributed by atoms with Crippen LogP contribution in [0, 0.1) is 0 Å². The number of furan rings is 1. The van der Waals surface area contributed by atoms with Gasteiger partial charge in [-0.2, -0.15) is 0 Å². The lowest BCUT2D eigenvalue weighted by Crippen LogP contribution is -2.00. The van der Waals surface area contributed by atoms with Gasteiger partial charge in [0.15, 0.2) is 17.5 Å². The van der Waals surface area contributed by atoms with Crippen LogP contribution in [0.1, 0.15) is 23.3 Å². The number of aryl methyl sites for hydroxylation is 1. The Morgan fingerprint density at radius 1 is 0.396 bits per heavy atom. The van der Waals surface area contributed by atoms with Crippen LogP contribution in [-0.2, 0) is 6.42 Å². The van der Waals surface area contributed by atoms with Crippen LogP contribution in [0.3, 0.4) is 0 Å². The van der Waals surface area contributed by atoms with E-state index in [0.717, 1.165) is 62.8 Å². The molecule has 0 saturated heterocycles. The Kier molecular flexibility index (Phi) is 7.58. The quantitative estimate of drug-likeness (QED) is 0.175. The van der Waals surface area contributed by atoms with Crippen molar-refractivity contribution in [3.8, 4) is 56.4 Å². The van der Waals surface area contributed by atoms with Gasteiger partial charge in [0.2, 0.25) is 0 Å². The zero-order valence-electron chi connectivity index (χ0n) is 28.9. The van der Waals surface area contributed by atoms with Crippen molar-refractivity contribution in [3.63, 3.8) is 0 Å². The second kappa shape index (κ2) is 13.0. The van der Waals surface area contributed by atoms with Crippen LogP contribution in [0.2, 0.25) is 0 Å². The Bertz CT molecular complexity index is 2800. The van der Waals surface area contributed by atoms with E-state index in [1.54, 1.807) is 0 Å². The molecule has 0 fully saturated rings. The van der Waals surface area contributed by atoms with E-state index >= 15 is 0 Å². The van der Waals surface area contributed by atoms with E-state index in [1.165, 1.54) is 33.2 Å². The van der Waals surface area contributed by atoms with Crippen molar-refractivity contribution >= 4 is 27.3 Å². The first kappa shape index (κ1) is 30.9. The minimum atomic E-state index is 0.641. The summed E-state index contributed by atoms with van der Waals surface area (Å²) in [6, 6.07) is 59.3. The monoisotopic (exact) mass is 679 g/mol. The summed E-state index contributed by atoms with van der Waals surface area (Å²) in [6.07, 6.45) is 4.25. The highest BCUT2D eigenvalue weighted by Gasteiger charge is 2.22. The Hall–Kier alpha value is -6.91. The summed E-state index contributed by atoms with van der Waals surface area (Å²) < 4.78 is 6.26. The summed E-state index contributed by atoms with van der Waals surface area (Å²) >= 11 is 0. The van der Waals surface area contributed by atoms with E-state index in [1.807, 2.05) is 42.5 Å². The Morgan fingerprint density at radius 2 is 0.849 bits per heavy atom. The molecule has 53 heavy (non-hydrogen) atoms. The maximum Gasteiger partial charge on any atom is 0.164 e. The zero-order chi connectivity index (χ0) is 35.1. The highest BCUT2D eigenvalue weighted by atomic mass is 16.3. The maximum atomic E-state index is 6.26. The smallest absolute Gasteiger partial charge is 0.164 e. The number of rotatable bonds is 6. The molecule has 7 aromatic carbocycles. The first-order valence-corrected chi connectivity index (χ1v) is 18.1. The van der Waals surface area contributed by atoms with Crippen LogP contribution in [0.5, 0.6) is 0 Å². The molecule has 0 bridgehead atoms. The van der Waals surface area contributed by atoms with Crippen LogP contribution in [0.25, 0.3) is 83.7 Å². The molecule has 0 amide bonds. The van der Waals surface area contributed by atoms with Crippen molar-refractivity contribution in [2.24, 2.45) is 0 Å². The summed E-state index contributed by atoms with van der Waals surface area (Å²) in [4.78, 5) is 15.0. The van der Waals surface area contributed by atoms with Crippen LogP contribution in [0.4, 0.5) is 0 Å². The van der Waals surface area contributed by atoms with Gasteiger partial charge in [0, 0.05) is 34.1 Å². The maximum absolute atomic E-state index is 6.26. The van der Waals surface area contributed by atoms with Gasteiger partial charge in [-0.3, -0.25) is 0 Å². The molecule has 0 aliphatic heterocycles. The number of benzene rings is 7. The van der Waals surface area contributed by atoms with Crippen molar-refractivity contribution in [2.45, 2.75) is 12.8 Å². The SMILES string of the molecule is C1=C(c2ccc3cc(-c4nc(-c5ccccc5)nc(-c5ccc(-c6ccc(-c7ccccc7)cc6)cc5)n4)ccc3c2)c2c(oc3ccccc23)CC1. The molecule has 0 atom stereocenters. The van der Waals surface area contributed by atoms with Gasteiger partial charge in [-0.1, -0.05) is 158 Å². The van der Waals surface area contributed by atoms with Gasteiger partial charge in [0.1, 0.15) is 11.3 Å². The molecular weight excluding hydrogens is 647 g/mol. The summed E-state index contributed by atoms with van der Waals surface area (Å²) in [6.45, 7) is 0.